The van der Waals surface area contributed by atoms with E-state index in [1.165, 1.54) is 24.3 Å². The van der Waals surface area contributed by atoms with E-state index in [4.69, 9.17) is 5.11 Å². The fourth-order valence-electron chi connectivity index (χ4n) is 1.37. The lowest BCUT2D eigenvalue weighted by atomic mass is 10.0. The van der Waals surface area contributed by atoms with Crippen LogP contribution in [0.5, 0.6) is 0 Å². The van der Waals surface area contributed by atoms with Crippen LogP contribution < -0.4 is 5.32 Å². The highest BCUT2D eigenvalue weighted by atomic mass is 16.6. The quantitative estimate of drug-likeness (QED) is 0.492. The number of hydrogen-bond acceptors (Lipinski definition) is 5. The monoisotopic (exact) mass is 226 g/mol. The SMILES string of the molecule is CN[C@H](CO)[C@H](O)c1ccc([N+](=O)[O-])cc1. The summed E-state index contributed by atoms with van der Waals surface area (Å²) in [5.74, 6) is 0. The summed E-state index contributed by atoms with van der Waals surface area (Å²) in [6.45, 7) is -0.214. The van der Waals surface area contributed by atoms with Gasteiger partial charge in [-0.15, -0.1) is 0 Å². The Morgan fingerprint density at radius 1 is 1.44 bits per heavy atom. The van der Waals surface area contributed by atoms with Crippen molar-refractivity contribution in [1.29, 1.82) is 0 Å². The number of nitrogens with zero attached hydrogens (tertiary/aromatic N) is 1. The van der Waals surface area contributed by atoms with Crippen LogP contribution in [0.15, 0.2) is 24.3 Å². The summed E-state index contributed by atoms with van der Waals surface area (Å²) in [6, 6.07) is 5.11. The van der Waals surface area contributed by atoms with Gasteiger partial charge in [0, 0.05) is 12.1 Å². The summed E-state index contributed by atoms with van der Waals surface area (Å²) in [6.07, 6.45) is -0.893. The van der Waals surface area contributed by atoms with Gasteiger partial charge in [0.25, 0.3) is 5.69 Å². The smallest absolute Gasteiger partial charge is 0.269 e. The van der Waals surface area contributed by atoms with Gasteiger partial charge in [-0.05, 0) is 24.7 Å². The summed E-state index contributed by atoms with van der Waals surface area (Å²) in [7, 11) is 1.62. The van der Waals surface area contributed by atoms with Crippen molar-refractivity contribution in [3.05, 3.63) is 39.9 Å². The van der Waals surface area contributed by atoms with Crippen LogP contribution in [0.4, 0.5) is 5.69 Å². The highest BCUT2D eigenvalue weighted by Crippen LogP contribution is 2.19. The van der Waals surface area contributed by atoms with Crippen molar-refractivity contribution in [2.24, 2.45) is 0 Å². The molecule has 88 valence electrons. The van der Waals surface area contributed by atoms with Crippen LogP contribution in [-0.4, -0.2) is 34.8 Å². The number of non-ortho nitro benzene ring substituents is 1. The molecule has 0 saturated heterocycles. The van der Waals surface area contributed by atoms with Gasteiger partial charge in [0.05, 0.1) is 23.7 Å². The molecular formula is C10H14N2O4. The topological polar surface area (TPSA) is 95.6 Å². The molecule has 1 aromatic rings. The van der Waals surface area contributed by atoms with Gasteiger partial charge in [0.2, 0.25) is 0 Å². The Labute approximate surface area is 92.7 Å². The van der Waals surface area contributed by atoms with Crippen LogP contribution in [0, 0.1) is 10.1 Å². The zero-order valence-corrected chi connectivity index (χ0v) is 8.83. The molecule has 2 atom stereocenters. The van der Waals surface area contributed by atoms with Gasteiger partial charge in [0.1, 0.15) is 0 Å². The lowest BCUT2D eigenvalue weighted by molar-refractivity contribution is -0.384. The molecule has 0 aromatic heterocycles. The number of likely N-dealkylation sites (N-methyl/N-ethyl adjacent to an activating group) is 1. The Kier molecular flexibility index (Phi) is 4.36. The molecule has 0 unspecified atom stereocenters. The molecule has 6 heteroatoms. The Hall–Kier alpha value is -1.50. The standard InChI is InChI=1S/C10H14N2O4/c1-11-9(6-13)10(14)7-2-4-8(5-3-7)12(15)16/h2-5,9-11,13-14H,6H2,1H3/t9-,10-/m1/s1. The van der Waals surface area contributed by atoms with E-state index in [-0.39, 0.29) is 12.3 Å². The van der Waals surface area contributed by atoms with E-state index < -0.39 is 17.1 Å². The molecule has 0 bridgehead atoms. The third kappa shape index (κ3) is 2.75. The molecule has 0 radical (unpaired) electrons. The van der Waals surface area contributed by atoms with Gasteiger partial charge in [-0.2, -0.15) is 0 Å². The van der Waals surface area contributed by atoms with E-state index in [1.807, 2.05) is 0 Å². The van der Waals surface area contributed by atoms with Gasteiger partial charge in [-0.1, -0.05) is 0 Å². The molecule has 0 aliphatic rings. The maximum Gasteiger partial charge on any atom is 0.269 e. The maximum atomic E-state index is 10.4. The van der Waals surface area contributed by atoms with Crippen molar-refractivity contribution in [2.75, 3.05) is 13.7 Å². The molecule has 0 amide bonds. The first-order valence-corrected chi connectivity index (χ1v) is 4.80. The van der Waals surface area contributed by atoms with Crippen molar-refractivity contribution >= 4 is 5.69 Å². The lowest BCUT2D eigenvalue weighted by Crippen LogP contribution is -2.35. The first kappa shape index (κ1) is 12.6. The van der Waals surface area contributed by atoms with E-state index >= 15 is 0 Å². The van der Waals surface area contributed by atoms with Crippen LogP contribution >= 0.6 is 0 Å². The second kappa shape index (κ2) is 5.55. The van der Waals surface area contributed by atoms with Crippen LogP contribution in [0.1, 0.15) is 11.7 Å². The fraction of sp³-hybridized carbons (Fsp3) is 0.400. The third-order valence-electron chi connectivity index (χ3n) is 2.39. The minimum Gasteiger partial charge on any atom is -0.395 e. The van der Waals surface area contributed by atoms with Crippen molar-refractivity contribution < 1.29 is 15.1 Å². The first-order chi connectivity index (χ1) is 7.60. The minimum absolute atomic E-state index is 0.0269. The number of aliphatic hydroxyl groups is 2. The predicted octanol–water partition coefficient (Wildman–Crippen LogP) is 0.209. The predicted molar refractivity (Wildman–Crippen MR) is 58.0 cm³/mol. The number of aliphatic hydroxyl groups excluding tert-OH is 2. The van der Waals surface area contributed by atoms with Gasteiger partial charge in [-0.3, -0.25) is 10.1 Å². The number of nitro benzene ring substituents is 1. The highest BCUT2D eigenvalue weighted by Gasteiger charge is 2.18. The Morgan fingerprint density at radius 2 is 2.00 bits per heavy atom. The number of nitrogens with one attached hydrogen (secondary N) is 1. The molecule has 0 aliphatic carbocycles. The Bertz CT molecular complexity index is 348. The molecular weight excluding hydrogens is 212 g/mol. The molecule has 6 nitrogen and oxygen atoms in total. The molecule has 0 spiro atoms. The summed E-state index contributed by atoms with van der Waals surface area (Å²) in [5, 5.41) is 32.0. The zero-order valence-electron chi connectivity index (χ0n) is 8.83. The molecule has 0 aliphatic heterocycles. The third-order valence-corrected chi connectivity index (χ3v) is 2.39. The van der Waals surface area contributed by atoms with Gasteiger partial charge >= 0.3 is 0 Å². The number of rotatable bonds is 5. The van der Waals surface area contributed by atoms with E-state index in [1.54, 1.807) is 7.05 Å². The number of hydrogen-bond donors (Lipinski definition) is 3. The van der Waals surface area contributed by atoms with Crippen molar-refractivity contribution in [2.45, 2.75) is 12.1 Å². The van der Waals surface area contributed by atoms with Crippen LogP contribution in [0.2, 0.25) is 0 Å². The summed E-state index contributed by atoms with van der Waals surface area (Å²) < 4.78 is 0. The normalized spacial score (nSPS) is 14.4. The number of benzene rings is 1. The molecule has 3 N–H and O–H groups in total. The van der Waals surface area contributed by atoms with Gasteiger partial charge in [0.15, 0.2) is 0 Å². The van der Waals surface area contributed by atoms with Crippen molar-refractivity contribution in [3.8, 4) is 0 Å². The first-order valence-electron chi connectivity index (χ1n) is 4.80. The summed E-state index contributed by atoms with van der Waals surface area (Å²) in [4.78, 5) is 9.92. The second-order valence-corrected chi connectivity index (χ2v) is 3.37. The molecule has 16 heavy (non-hydrogen) atoms. The average Bonchev–Trinajstić information content (AvgIpc) is 2.30. The minimum atomic E-state index is -0.893. The molecule has 0 saturated carbocycles. The van der Waals surface area contributed by atoms with Crippen molar-refractivity contribution in [3.63, 3.8) is 0 Å². The second-order valence-electron chi connectivity index (χ2n) is 3.37. The van der Waals surface area contributed by atoms with Crippen LogP contribution in [0.25, 0.3) is 0 Å². The van der Waals surface area contributed by atoms with Gasteiger partial charge in [-0.25, -0.2) is 0 Å². The molecule has 1 rings (SSSR count). The molecule has 0 fully saturated rings. The van der Waals surface area contributed by atoms with Gasteiger partial charge < -0.3 is 15.5 Å². The Morgan fingerprint density at radius 3 is 2.38 bits per heavy atom. The van der Waals surface area contributed by atoms with Crippen LogP contribution in [0.3, 0.4) is 0 Å². The Balaban J connectivity index is 2.84. The highest BCUT2D eigenvalue weighted by molar-refractivity contribution is 5.34. The molecule has 1 aromatic carbocycles. The number of nitro groups is 1. The van der Waals surface area contributed by atoms with E-state index in [0.717, 1.165) is 0 Å². The lowest BCUT2D eigenvalue weighted by Gasteiger charge is -2.20. The fourth-order valence-corrected chi connectivity index (χ4v) is 1.37. The molecule has 0 heterocycles. The van der Waals surface area contributed by atoms with E-state index in [2.05, 4.69) is 5.32 Å². The summed E-state index contributed by atoms with van der Waals surface area (Å²) in [5.41, 5.74) is 0.500. The largest absolute Gasteiger partial charge is 0.395 e. The summed E-state index contributed by atoms with van der Waals surface area (Å²) >= 11 is 0. The van der Waals surface area contributed by atoms with E-state index in [9.17, 15) is 15.2 Å². The van der Waals surface area contributed by atoms with Crippen LogP contribution in [-0.2, 0) is 0 Å². The van der Waals surface area contributed by atoms with E-state index in [0.29, 0.717) is 5.56 Å². The van der Waals surface area contributed by atoms with Crippen molar-refractivity contribution in [1.82, 2.24) is 5.32 Å². The zero-order chi connectivity index (χ0) is 12.1. The average molecular weight is 226 g/mol. The maximum absolute atomic E-state index is 10.4.